The number of hydrogen-bond acceptors (Lipinski definition) is 2. The highest BCUT2D eigenvalue weighted by molar-refractivity contribution is 6.09. The summed E-state index contributed by atoms with van der Waals surface area (Å²) in [4.78, 5) is 12.4. The molecule has 2 nitrogen and oxygen atoms in total. The Morgan fingerprint density at radius 2 is 1.50 bits per heavy atom. The third-order valence-corrected chi connectivity index (χ3v) is 4.08. The molecule has 0 spiro atoms. The molecule has 0 unspecified atom stereocenters. The van der Waals surface area contributed by atoms with E-state index in [1.54, 1.807) is 12.1 Å². The number of aromatic hydroxyl groups is 1. The Hall–Kier alpha value is -2.35. The standard InChI is InChI=1S/C20H22O2/c1-12-8-15(4)20(19(22)9-12)18(21)7-6-17-10-13(2)16(5)14(3)11-17/h6-11,22H,1-5H3/b7-6+. The van der Waals surface area contributed by atoms with Crippen molar-refractivity contribution in [1.82, 2.24) is 0 Å². The van der Waals surface area contributed by atoms with Crippen molar-refractivity contribution in [3.63, 3.8) is 0 Å². The second kappa shape index (κ2) is 6.18. The predicted molar refractivity (Wildman–Crippen MR) is 91.6 cm³/mol. The molecule has 0 saturated carbocycles. The van der Waals surface area contributed by atoms with Gasteiger partial charge in [0.1, 0.15) is 5.75 Å². The molecule has 2 aromatic rings. The Balaban J connectivity index is 2.33. The SMILES string of the molecule is Cc1cc(C)c(C(=O)/C=C/c2cc(C)c(C)c(C)c2)c(O)c1. The van der Waals surface area contributed by atoms with Crippen LogP contribution in [0.2, 0.25) is 0 Å². The van der Waals surface area contributed by atoms with Gasteiger partial charge in [-0.3, -0.25) is 4.79 Å². The van der Waals surface area contributed by atoms with Gasteiger partial charge in [0.25, 0.3) is 0 Å². The van der Waals surface area contributed by atoms with E-state index in [2.05, 4.69) is 32.9 Å². The number of carbonyl (C=O) groups excluding carboxylic acids is 1. The molecule has 0 aliphatic rings. The average Bonchev–Trinajstić information content (AvgIpc) is 2.41. The quantitative estimate of drug-likeness (QED) is 0.650. The van der Waals surface area contributed by atoms with Crippen molar-refractivity contribution in [3.8, 4) is 5.75 Å². The summed E-state index contributed by atoms with van der Waals surface area (Å²) in [7, 11) is 0. The van der Waals surface area contributed by atoms with Gasteiger partial charge in [-0.25, -0.2) is 0 Å². The molecule has 114 valence electrons. The van der Waals surface area contributed by atoms with Crippen molar-refractivity contribution in [2.24, 2.45) is 0 Å². The highest BCUT2D eigenvalue weighted by atomic mass is 16.3. The summed E-state index contributed by atoms with van der Waals surface area (Å²) in [5, 5.41) is 10.0. The van der Waals surface area contributed by atoms with E-state index in [9.17, 15) is 9.90 Å². The van der Waals surface area contributed by atoms with E-state index in [-0.39, 0.29) is 11.5 Å². The number of ketones is 1. The van der Waals surface area contributed by atoms with Crippen LogP contribution in [0.3, 0.4) is 0 Å². The lowest BCUT2D eigenvalue weighted by molar-refractivity contribution is 0.104. The molecule has 0 radical (unpaired) electrons. The summed E-state index contributed by atoms with van der Waals surface area (Å²) in [6.45, 7) is 9.97. The lowest BCUT2D eigenvalue weighted by Crippen LogP contribution is -1.99. The zero-order valence-corrected chi connectivity index (χ0v) is 13.8. The van der Waals surface area contributed by atoms with Crippen LogP contribution in [0.25, 0.3) is 6.08 Å². The van der Waals surface area contributed by atoms with Gasteiger partial charge in [0.2, 0.25) is 0 Å². The molecule has 0 fully saturated rings. The minimum absolute atomic E-state index is 0.0448. The topological polar surface area (TPSA) is 37.3 Å². The van der Waals surface area contributed by atoms with Gasteiger partial charge < -0.3 is 5.11 Å². The van der Waals surface area contributed by atoms with Crippen molar-refractivity contribution in [2.75, 3.05) is 0 Å². The van der Waals surface area contributed by atoms with Crippen LogP contribution in [0, 0.1) is 34.6 Å². The molecule has 1 N–H and O–H groups in total. The first kappa shape index (κ1) is 16.0. The Kier molecular flexibility index (Phi) is 4.51. The number of benzene rings is 2. The van der Waals surface area contributed by atoms with E-state index in [0.29, 0.717) is 5.56 Å². The molecule has 0 saturated heterocycles. The third-order valence-electron chi connectivity index (χ3n) is 4.08. The average molecular weight is 294 g/mol. The summed E-state index contributed by atoms with van der Waals surface area (Å²) in [5.41, 5.74) is 6.81. The van der Waals surface area contributed by atoms with Crippen molar-refractivity contribution < 1.29 is 9.90 Å². The monoisotopic (exact) mass is 294 g/mol. The molecule has 0 aliphatic carbocycles. The van der Waals surface area contributed by atoms with E-state index in [1.807, 2.05) is 19.9 Å². The van der Waals surface area contributed by atoms with Crippen molar-refractivity contribution in [1.29, 1.82) is 0 Å². The van der Waals surface area contributed by atoms with Crippen LogP contribution < -0.4 is 0 Å². The highest BCUT2D eigenvalue weighted by Crippen LogP contribution is 2.24. The van der Waals surface area contributed by atoms with Crippen molar-refractivity contribution in [3.05, 3.63) is 69.3 Å². The molecule has 0 amide bonds. The molecule has 0 heterocycles. The summed E-state index contributed by atoms with van der Waals surface area (Å²) >= 11 is 0. The molecule has 2 aromatic carbocycles. The molecule has 22 heavy (non-hydrogen) atoms. The summed E-state index contributed by atoms with van der Waals surface area (Å²) in [6, 6.07) is 7.65. The Morgan fingerprint density at radius 1 is 0.909 bits per heavy atom. The van der Waals surface area contributed by atoms with Gasteiger partial charge in [0.15, 0.2) is 5.78 Å². The number of phenolic OH excluding ortho intramolecular Hbond substituents is 1. The largest absolute Gasteiger partial charge is 0.507 e. The van der Waals surface area contributed by atoms with Gasteiger partial charge in [0, 0.05) is 0 Å². The number of phenols is 1. The molecule has 2 heteroatoms. The molecular weight excluding hydrogens is 272 g/mol. The van der Waals surface area contributed by atoms with Gasteiger partial charge >= 0.3 is 0 Å². The van der Waals surface area contributed by atoms with Crippen LogP contribution in [-0.2, 0) is 0 Å². The Morgan fingerprint density at radius 3 is 2.05 bits per heavy atom. The van der Waals surface area contributed by atoms with Crippen LogP contribution in [0.1, 0.15) is 43.7 Å². The predicted octanol–water partition coefficient (Wildman–Crippen LogP) is 4.83. The lowest BCUT2D eigenvalue weighted by Gasteiger charge is -2.08. The first-order valence-electron chi connectivity index (χ1n) is 7.40. The summed E-state index contributed by atoms with van der Waals surface area (Å²) < 4.78 is 0. The summed E-state index contributed by atoms with van der Waals surface area (Å²) in [5.74, 6) is -0.130. The number of carbonyl (C=O) groups is 1. The fourth-order valence-corrected chi connectivity index (χ4v) is 2.69. The minimum Gasteiger partial charge on any atom is -0.507 e. The van der Waals surface area contributed by atoms with E-state index in [1.165, 1.54) is 22.8 Å². The van der Waals surface area contributed by atoms with E-state index in [0.717, 1.165) is 16.7 Å². The second-order valence-corrected chi connectivity index (χ2v) is 5.95. The van der Waals surface area contributed by atoms with Crippen LogP contribution in [-0.4, -0.2) is 10.9 Å². The maximum Gasteiger partial charge on any atom is 0.189 e. The Labute approximate surface area is 132 Å². The Bertz CT molecular complexity index is 721. The zero-order chi connectivity index (χ0) is 16.4. The molecule has 0 aliphatic heterocycles. The highest BCUT2D eigenvalue weighted by Gasteiger charge is 2.12. The van der Waals surface area contributed by atoms with Gasteiger partial charge in [-0.1, -0.05) is 24.3 Å². The van der Waals surface area contributed by atoms with Gasteiger partial charge in [0.05, 0.1) is 5.56 Å². The third kappa shape index (κ3) is 3.28. The number of hydrogen-bond donors (Lipinski definition) is 1. The fourth-order valence-electron chi connectivity index (χ4n) is 2.69. The lowest BCUT2D eigenvalue weighted by atomic mass is 9.98. The minimum atomic E-state index is -0.175. The molecular formula is C20H22O2. The molecule has 0 aromatic heterocycles. The van der Waals surface area contributed by atoms with Crippen molar-refractivity contribution in [2.45, 2.75) is 34.6 Å². The maximum absolute atomic E-state index is 12.4. The molecule has 0 atom stereocenters. The number of rotatable bonds is 3. The smallest absolute Gasteiger partial charge is 0.189 e. The van der Waals surface area contributed by atoms with E-state index >= 15 is 0 Å². The van der Waals surface area contributed by atoms with Crippen LogP contribution in [0.4, 0.5) is 0 Å². The van der Waals surface area contributed by atoms with E-state index in [4.69, 9.17) is 0 Å². The van der Waals surface area contributed by atoms with Gasteiger partial charge in [-0.15, -0.1) is 0 Å². The number of aryl methyl sites for hydroxylation is 4. The number of allylic oxidation sites excluding steroid dienone is 1. The first-order valence-corrected chi connectivity index (χ1v) is 7.40. The fraction of sp³-hybridized carbons (Fsp3) is 0.250. The summed E-state index contributed by atoms with van der Waals surface area (Å²) in [6.07, 6.45) is 3.33. The van der Waals surface area contributed by atoms with E-state index < -0.39 is 0 Å². The van der Waals surface area contributed by atoms with Gasteiger partial charge in [-0.05, 0) is 80.1 Å². The zero-order valence-electron chi connectivity index (χ0n) is 13.8. The second-order valence-electron chi connectivity index (χ2n) is 5.95. The van der Waals surface area contributed by atoms with Gasteiger partial charge in [-0.2, -0.15) is 0 Å². The molecule has 2 rings (SSSR count). The van der Waals surface area contributed by atoms with Crippen LogP contribution in [0.15, 0.2) is 30.3 Å². The van der Waals surface area contributed by atoms with Crippen LogP contribution in [0.5, 0.6) is 5.75 Å². The normalized spacial score (nSPS) is 11.1. The maximum atomic E-state index is 12.4. The van der Waals surface area contributed by atoms with Crippen LogP contribution >= 0.6 is 0 Å². The first-order chi connectivity index (χ1) is 10.3. The molecule has 0 bridgehead atoms. The van der Waals surface area contributed by atoms with Crippen molar-refractivity contribution >= 4 is 11.9 Å².